The molecule has 0 radical (unpaired) electrons. The fraction of sp³-hybridized carbons (Fsp3) is 0.286. The SMILES string of the molecule is NC(=O)C1COCCN1CCn1cnc2cnc(Nc3ncc(-c4ncccc4F)s3)cc21. The van der Waals surface area contributed by atoms with Crippen LogP contribution in [0.4, 0.5) is 15.3 Å². The second-order valence-corrected chi connectivity index (χ2v) is 8.54. The number of halogens is 1. The minimum Gasteiger partial charge on any atom is -0.378 e. The molecule has 3 N–H and O–H groups in total. The Hall–Kier alpha value is -3.48. The molecule has 12 heteroatoms. The maximum atomic E-state index is 14.0. The van der Waals surface area contributed by atoms with Crippen molar-refractivity contribution in [1.29, 1.82) is 0 Å². The molecule has 0 aromatic carbocycles. The molecule has 5 rings (SSSR count). The summed E-state index contributed by atoms with van der Waals surface area (Å²) < 4.78 is 21.4. The quantitative estimate of drug-likeness (QED) is 0.422. The molecule has 0 spiro atoms. The number of carbonyl (C=O) groups is 1. The molecule has 5 heterocycles. The molecule has 0 bridgehead atoms. The van der Waals surface area contributed by atoms with Crippen LogP contribution in [-0.2, 0) is 16.1 Å². The van der Waals surface area contributed by atoms with Crippen molar-refractivity contribution in [2.24, 2.45) is 5.73 Å². The summed E-state index contributed by atoms with van der Waals surface area (Å²) in [5.74, 6) is -0.183. The molecule has 0 saturated carbocycles. The van der Waals surface area contributed by atoms with E-state index in [0.717, 1.165) is 11.0 Å². The lowest BCUT2D eigenvalue weighted by Gasteiger charge is -2.33. The molecule has 4 aromatic rings. The number of anilines is 2. The van der Waals surface area contributed by atoms with E-state index >= 15 is 0 Å². The van der Waals surface area contributed by atoms with Gasteiger partial charge in [-0.1, -0.05) is 11.3 Å². The van der Waals surface area contributed by atoms with Gasteiger partial charge in [0.1, 0.15) is 28.9 Å². The van der Waals surface area contributed by atoms with Crippen molar-refractivity contribution in [3.8, 4) is 10.6 Å². The first kappa shape index (κ1) is 21.4. The Morgan fingerprint density at radius 3 is 3.03 bits per heavy atom. The first-order chi connectivity index (χ1) is 16.1. The number of hydrogen-bond acceptors (Lipinski definition) is 9. The molecule has 0 aliphatic carbocycles. The minimum atomic E-state index is -0.421. The number of amides is 1. The van der Waals surface area contributed by atoms with Gasteiger partial charge < -0.3 is 20.4 Å². The van der Waals surface area contributed by atoms with Crippen molar-refractivity contribution in [2.75, 3.05) is 31.6 Å². The molecule has 170 valence electrons. The summed E-state index contributed by atoms with van der Waals surface area (Å²) >= 11 is 1.29. The van der Waals surface area contributed by atoms with E-state index in [1.54, 1.807) is 31.0 Å². The van der Waals surface area contributed by atoms with Crippen molar-refractivity contribution in [1.82, 2.24) is 29.4 Å². The third kappa shape index (κ3) is 4.53. The van der Waals surface area contributed by atoms with Crippen LogP contribution in [0.5, 0.6) is 0 Å². The van der Waals surface area contributed by atoms with E-state index in [1.807, 2.05) is 15.5 Å². The molecule has 1 aliphatic heterocycles. The first-order valence-electron chi connectivity index (χ1n) is 10.3. The molecular weight excluding hydrogens is 447 g/mol. The fourth-order valence-electron chi connectivity index (χ4n) is 3.73. The summed E-state index contributed by atoms with van der Waals surface area (Å²) in [5.41, 5.74) is 7.42. The third-order valence-corrected chi connectivity index (χ3v) is 6.36. The van der Waals surface area contributed by atoms with E-state index in [4.69, 9.17) is 10.5 Å². The van der Waals surface area contributed by atoms with Crippen LogP contribution < -0.4 is 11.1 Å². The Labute approximate surface area is 192 Å². The molecule has 1 aliphatic rings. The lowest BCUT2D eigenvalue weighted by Crippen LogP contribution is -2.53. The summed E-state index contributed by atoms with van der Waals surface area (Å²) in [5, 5.41) is 3.74. The van der Waals surface area contributed by atoms with Gasteiger partial charge in [0.25, 0.3) is 0 Å². The highest BCUT2D eigenvalue weighted by molar-refractivity contribution is 7.18. The van der Waals surface area contributed by atoms with E-state index in [2.05, 4.69) is 25.3 Å². The van der Waals surface area contributed by atoms with E-state index in [1.165, 1.54) is 17.4 Å². The predicted molar refractivity (Wildman–Crippen MR) is 121 cm³/mol. The number of morpholine rings is 1. The highest BCUT2D eigenvalue weighted by atomic mass is 32.1. The van der Waals surface area contributed by atoms with Gasteiger partial charge in [0, 0.05) is 38.1 Å². The number of fused-ring (bicyclic) bond motifs is 1. The maximum Gasteiger partial charge on any atom is 0.237 e. The predicted octanol–water partition coefficient (Wildman–Crippen LogP) is 2.02. The summed E-state index contributed by atoms with van der Waals surface area (Å²) in [6.07, 6.45) is 6.56. The van der Waals surface area contributed by atoms with Gasteiger partial charge >= 0.3 is 0 Å². The Morgan fingerprint density at radius 1 is 1.27 bits per heavy atom. The maximum absolute atomic E-state index is 14.0. The van der Waals surface area contributed by atoms with Crippen molar-refractivity contribution in [3.05, 3.63) is 48.9 Å². The zero-order valence-corrected chi connectivity index (χ0v) is 18.3. The second-order valence-electron chi connectivity index (χ2n) is 7.51. The van der Waals surface area contributed by atoms with Crippen LogP contribution in [0.2, 0.25) is 0 Å². The topological polar surface area (TPSA) is 124 Å². The van der Waals surface area contributed by atoms with E-state index in [9.17, 15) is 9.18 Å². The molecule has 1 amide bonds. The van der Waals surface area contributed by atoms with Crippen molar-refractivity contribution in [3.63, 3.8) is 0 Å². The summed E-state index contributed by atoms with van der Waals surface area (Å²) in [6.45, 7) is 2.81. The highest BCUT2D eigenvalue weighted by Gasteiger charge is 2.27. The normalized spacial score (nSPS) is 16.8. The Bertz CT molecular complexity index is 1290. The zero-order chi connectivity index (χ0) is 22.8. The number of nitrogens with two attached hydrogens (primary N) is 1. The number of imidazole rings is 1. The third-order valence-electron chi connectivity index (χ3n) is 5.44. The number of thiazole rings is 1. The highest BCUT2D eigenvalue weighted by Crippen LogP contribution is 2.30. The van der Waals surface area contributed by atoms with E-state index < -0.39 is 11.9 Å². The van der Waals surface area contributed by atoms with Crippen LogP contribution in [0.1, 0.15) is 0 Å². The van der Waals surface area contributed by atoms with Crippen LogP contribution in [0, 0.1) is 5.82 Å². The Morgan fingerprint density at radius 2 is 2.18 bits per heavy atom. The average molecular weight is 469 g/mol. The average Bonchev–Trinajstić information content (AvgIpc) is 3.45. The molecule has 33 heavy (non-hydrogen) atoms. The van der Waals surface area contributed by atoms with Gasteiger partial charge in [0.15, 0.2) is 5.13 Å². The molecule has 4 aromatic heterocycles. The molecule has 1 saturated heterocycles. The first-order valence-corrected chi connectivity index (χ1v) is 11.2. The summed E-state index contributed by atoms with van der Waals surface area (Å²) in [7, 11) is 0. The number of primary amides is 1. The summed E-state index contributed by atoms with van der Waals surface area (Å²) in [6, 6.07) is 4.38. The lowest BCUT2D eigenvalue weighted by molar-refractivity contribution is -0.129. The number of aromatic nitrogens is 5. The molecule has 10 nitrogen and oxygen atoms in total. The van der Waals surface area contributed by atoms with Crippen LogP contribution in [0.25, 0.3) is 21.6 Å². The molecular formula is C21H21FN8O2S. The Balaban J connectivity index is 1.31. The number of hydrogen-bond donors (Lipinski definition) is 2. The van der Waals surface area contributed by atoms with Crippen LogP contribution in [-0.4, -0.2) is 67.7 Å². The minimum absolute atomic E-state index is 0.266. The monoisotopic (exact) mass is 468 g/mol. The van der Waals surface area contributed by atoms with Crippen molar-refractivity contribution >= 4 is 39.2 Å². The van der Waals surface area contributed by atoms with E-state index in [-0.39, 0.29) is 11.6 Å². The zero-order valence-electron chi connectivity index (χ0n) is 17.5. The van der Waals surface area contributed by atoms with Gasteiger partial charge in [-0.05, 0) is 12.1 Å². The number of nitrogens with one attached hydrogen (secondary N) is 1. The second kappa shape index (κ2) is 9.17. The van der Waals surface area contributed by atoms with Gasteiger partial charge in [-0.2, -0.15) is 0 Å². The van der Waals surface area contributed by atoms with Crippen LogP contribution in [0.15, 0.2) is 43.1 Å². The number of ether oxygens (including phenoxy) is 1. The van der Waals surface area contributed by atoms with Crippen LogP contribution >= 0.6 is 11.3 Å². The van der Waals surface area contributed by atoms with E-state index in [0.29, 0.717) is 48.7 Å². The smallest absolute Gasteiger partial charge is 0.237 e. The van der Waals surface area contributed by atoms with Gasteiger partial charge in [0.2, 0.25) is 5.91 Å². The van der Waals surface area contributed by atoms with Crippen molar-refractivity contribution in [2.45, 2.75) is 12.6 Å². The number of carbonyl (C=O) groups excluding carboxylic acids is 1. The number of nitrogens with zero attached hydrogens (tertiary/aromatic N) is 6. The van der Waals surface area contributed by atoms with Crippen LogP contribution in [0.3, 0.4) is 0 Å². The largest absolute Gasteiger partial charge is 0.378 e. The molecule has 1 unspecified atom stereocenters. The molecule has 1 fully saturated rings. The lowest BCUT2D eigenvalue weighted by atomic mass is 10.2. The number of pyridine rings is 2. The van der Waals surface area contributed by atoms with Crippen molar-refractivity contribution < 1.29 is 13.9 Å². The van der Waals surface area contributed by atoms with Gasteiger partial charge in [-0.3, -0.25) is 14.7 Å². The molecule has 1 atom stereocenters. The van der Waals surface area contributed by atoms with Gasteiger partial charge in [-0.25, -0.2) is 19.3 Å². The standard InChI is InChI=1S/C21H21FN8O2S/c22-13-2-1-3-24-19(13)17-10-26-21(33-17)28-18-8-15-14(9-25-18)27-12-30(15)5-4-29-6-7-32-11-16(29)20(23)31/h1-3,8-10,12,16H,4-7,11H2,(H2,23,31)(H,25,26,28). The Kier molecular flexibility index (Phi) is 5.94. The number of rotatable bonds is 7. The summed E-state index contributed by atoms with van der Waals surface area (Å²) in [4.78, 5) is 31.6. The van der Waals surface area contributed by atoms with Gasteiger partial charge in [0.05, 0.1) is 36.1 Å². The van der Waals surface area contributed by atoms with Gasteiger partial charge in [-0.15, -0.1) is 0 Å². The fourth-order valence-corrected chi connectivity index (χ4v) is 4.55.